The highest BCUT2D eigenvalue weighted by Gasteiger charge is 2.22. The summed E-state index contributed by atoms with van der Waals surface area (Å²) in [4.78, 5) is 0. The van der Waals surface area contributed by atoms with E-state index >= 15 is 0 Å². The predicted octanol–water partition coefficient (Wildman–Crippen LogP) is 2.22. The molecule has 76 valence electrons. The van der Waals surface area contributed by atoms with Gasteiger partial charge in [-0.2, -0.15) is 0 Å². The molecule has 1 heterocycles. The second-order valence-electron chi connectivity index (χ2n) is 3.89. The molecule has 2 nitrogen and oxygen atoms in total. The lowest BCUT2D eigenvalue weighted by atomic mass is 10.1. The lowest BCUT2D eigenvalue weighted by Gasteiger charge is -2.05. The van der Waals surface area contributed by atoms with Crippen LogP contribution in [-0.4, -0.2) is 19.3 Å². The van der Waals surface area contributed by atoms with Crippen molar-refractivity contribution in [3.05, 3.63) is 34.9 Å². The van der Waals surface area contributed by atoms with E-state index in [1.165, 1.54) is 16.7 Å². The average Bonchev–Trinajstić information content (AvgIpc) is 2.95. The number of hydrogen-bond donors (Lipinski definition) is 0. The average molecular weight is 192 g/mol. The number of hydrogen-bond acceptors (Lipinski definition) is 2. The zero-order chi connectivity index (χ0) is 9.97. The third-order valence-corrected chi connectivity index (χ3v) is 2.55. The van der Waals surface area contributed by atoms with Crippen molar-refractivity contribution in [2.24, 2.45) is 0 Å². The maximum atomic E-state index is 5.51. The third-order valence-electron chi connectivity index (χ3n) is 2.55. The maximum absolute atomic E-state index is 5.51. The van der Waals surface area contributed by atoms with E-state index in [2.05, 4.69) is 32.0 Å². The smallest absolute Gasteiger partial charge is 0.104 e. The summed E-state index contributed by atoms with van der Waals surface area (Å²) in [5.41, 5.74) is 3.90. The molecule has 2 heteroatoms. The second kappa shape index (κ2) is 4.11. The molecule has 0 aliphatic carbocycles. The van der Waals surface area contributed by atoms with E-state index in [1.54, 1.807) is 0 Å². The van der Waals surface area contributed by atoms with Gasteiger partial charge in [-0.25, -0.2) is 0 Å². The lowest BCUT2D eigenvalue weighted by molar-refractivity contribution is 0.104. The van der Waals surface area contributed by atoms with E-state index in [-0.39, 0.29) is 0 Å². The molecule has 0 amide bonds. The van der Waals surface area contributed by atoms with Crippen LogP contribution in [0.3, 0.4) is 0 Å². The zero-order valence-corrected chi connectivity index (χ0v) is 8.75. The second-order valence-corrected chi connectivity index (χ2v) is 3.89. The van der Waals surface area contributed by atoms with Gasteiger partial charge in [0.05, 0.1) is 19.8 Å². The Balaban J connectivity index is 1.85. The molecule has 1 aliphatic heterocycles. The molecule has 1 fully saturated rings. The summed E-state index contributed by atoms with van der Waals surface area (Å²) in [5, 5.41) is 0. The Hall–Kier alpha value is -0.860. The van der Waals surface area contributed by atoms with Gasteiger partial charge in [0.2, 0.25) is 0 Å². The summed E-state index contributed by atoms with van der Waals surface area (Å²) in [5.74, 6) is 0. The van der Waals surface area contributed by atoms with Gasteiger partial charge in [-0.1, -0.05) is 18.2 Å². The molecule has 1 aromatic carbocycles. The Morgan fingerprint density at radius 1 is 1.36 bits per heavy atom. The maximum Gasteiger partial charge on any atom is 0.104 e. The van der Waals surface area contributed by atoms with E-state index in [1.807, 2.05) is 0 Å². The van der Waals surface area contributed by atoms with Gasteiger partial charge in [-0.15, -0.1) is 0 Å². The SMILES string of the molecule is Cc1ccc(COC[C@H]2CO2)cc1C. The number of rotatable bonds is 4. The first-order chi connectivity index (χ1) is 6.75. The number of aryl methyl sites for hydroxylation is 2. The van der Waals surface area contributed by atoms with Crippen LogP contribution in [-0.2, 0) is 16.1 Å². The van der Waals surface area contributed by atoms with Crippen molar-refractivity contribution in [3.63, 3.8) is 0 Å². The molecule has 1 aliphatic rings. The van der Waals surface area contributed by atoms with Gasteiger partial charge in [-0.3, -0.25) is 0 Å². The Kier molecular flexibility index (Phi) is 2.85. The third kappa shape index (κ3) is 2.56. The highest BCUT2D eigenvalue weighted by Crippen LogP contribution is 2.13. The van der Waals surface area contributed by atoms with Gasteiger partial charge in [0, 0.05) is 0 Å². The van der Waals surface area contributed by atoms with Crippen LogP contribution < -0.4 is 0 Å². The van der Waals surface area contributed by atoms with Crippen LogP contribution in [0, 0.1) is 13.8 Å². The van der Waals surface area contributed by atoms with Gasteiger partial charge >= 0.3 is 0 Å². The molecule has 0 spiro atoms. The van der Waals surface area contributed by atoms with Crippen LogP contribution in [0.1, 0.15) is 16.7 Å². The molecule has 0 radical (unpaired) electrons. The van der Waals surface area contributed by atoms with E-state index in [0.717, 1.165) is 13.2 Å². The van der Waals surface area contributed by atoms with Crippen LogP contribution in [0.4, 0.5) is 0 Å². The molecule has 0 unspecified atom stereocenters. The molecular weight excluding hydrogens is 176 g/mol. The molecule has 2 rings (SSSR count). The van der Waals surface area contributed by atoms with E-state index in [4.69, 9.17) is 9.47 Å². The van der Waals surface area contributed by atoms with Gasteiger partial charge in [0.15, 0.2) is 0 Å². The van der Waals surface area contributed by atoms with Crippen LogP contribution >= 0.6 is 0 Å². The lowest BCUT2D eigenvalue weighted by Crippen LogP contribution is -2.01. The molecule has 1 aromatic rings. The minimum atomic E-state index is 0.363. The van der Waals surface area contributed by atoms with Crippen molar-refractivity contribution < 1.29 is 9.47 Å². The van der Waals surface area contributed by atoms with Crippen molar-refractivity contribution >= 4 is 0 Å². The number of ether oxygens (including phenoxy) is 2. The highest BCUT2D eigenvalue weighted by atomic mass is 16.6. The van der Waals surface area contributed by atoms with Crippen LogP contribution in [0.15, 0.2) is 18.2 Å². The number of epoxide rings is 1. The first kappa shape index (κ1) is 9.69. The van der Waals surface area contributed by atoms with Crippen molar-refractivity contribution in [2.75, 3.05) is 13.2 Å². The minimum Gasteiger partial charge on any atom is -0.374 e. The molecule has 14 heavy (non-hydrogen) atoms. The van der Waals surface area contributed by atoms with Crippen LogP contribution in [0.2, 0.25) is 0 Å². The van der Waals surface area contributed by atoms with Gasteiger partial charge in [0.1, 0.15) is 6.10 Å². The topological polar surface area (TPSA) is 21.8 Å². The fraction of sp³-hybridized carbons (Fsp3) is 0.500. The monoisotopic (exact) mass is 192 g/mol. The number of benzene rings is 1. The van der Waals surface area contributed by atoms with Gasteiger partial charge in [-0.05, 0) is 30.5 Å². The molecule has 0 saturated carbocycles. The van der Waals surface area contributed by atoms with Crippen molar-refractivity contribution in [1.29, 1.82) is 0 Å². The summed E-state index contributed by atoms with van der Waals surface area (Å²) in [6.07, 6.45) is 0.363. The molecule has 0 N–H and O–H groups in total. The molecule has 1 saturated heterocycles. The zero-order valence-electron chi connectivity index (χ0n) is 8.75. The van der Waals surface area contributed by atoms with Crippen molar-refractivity contribution in [1.82, 2.24) is 0 Å². The quantitative estimate of drug-likeness (QED) is 0.682. The normalized spacial score (nSPS) is 19.7. The Morgan fingerprint density at radius 3 is 2.79 bits per heavy atom. The molecule has 0 aromatic heterocycles. The fourth-order valence-corrected chi connectivity index (χ4v) is 1.37. The standard InChI is InChI=1S/C12H16O2/c1-9-3-4-11(5-10(9)2)6-13-7-12-8-14-12/h3-5,12H,6-8H2,1-2H3/t12-/m0/s1. The molecular formula is C12H16O2. The molecule has 1 atom stereocenters. The first-order valence-electron chi connectivity index (χ1n) is 5.01. The first-order valence-corrected chi connectivity index (χ1v) is 5.01. The summed E-state index contributed by atoms with van der Waals surface area (Å²) in [6.45, 7) is 6.54. The Morgan fingerprint density at radius 2 is 2.14 bits per heavy atom. The fourth-order valence-electron chi connectivity index (χ4n) is 1.37. The summed E-state index contributed by atoms with van der Waals surface area (Å²) >= 11 is 0. The summed E-state index contributed by atoms with van der Waals surface area (Å²) in [7, 11) is 0. The van der Waals surface area contributed by atoms with Gasteiger partial charge in [0.25, 0.3) is 0 Å². The van der Waals surface area contributed by atoms with E-state index < -0.39 is 0 Å². The highest BCUT2D eigenvalue weighted by molar-refractivity contribution is 5.29. The predicted molar refractivity (Wildman–Crippen MR) is 55.3 cm³/mol. The van der Waals surface area contributed by atoms with Crippen molar-refractivity contribution in [2.45, 2.75) is 26.6 Å². The van der Waals surface area contributed by atoms with E-state index in [9.17, 15) is 0 Å². The Bertz CT molecular complexity index is 316. The largest absolute Gasteiger partial charge is 0.374 e. The minimum absolute atomic E-state index is 0.363. The van der Waals surface area contributed by atoms with Crippen LogP contribution in [0.25, 0.3) is 0 Å². The summed E-state index contributed by atoms with van der Waals surface area (Å²) < 4.78 is 10.6. The molecule has 0 bridgehead atoms. The van der Waals surface area contributed by atoms with E-state index in [0.29, 0.717) is 12.7 Å². The Labute approximate surface area is 84.8 Å². The van der Waals surface area contributed by atoms with Crippen molar-refractivity contribution in [3.8, 4) is 0 Å². The van der Waals surface area contributed by atoms with Gasteiger partial charge < -0.3 is 9.47 Å². The summed E-state index contributed by atoms with van der Waals surface area (Å²) in [6, 6.07) is 6.45. The van der Waals surface area contributed by atoms with Crippen LogP contribution in [0.5, 0.6) is 0 Å².